The maximum absolute atomic E-state index is 9.76. The molecule has 2 heterocycles. The number of rotatable bonds is 8. The van der Waals surface area contributed by atoms with Crippen LogP contribution in [0, 0.1) is 0 Å². The highest BCUT2D eigenvalue weighted by Gasteiger charge is 2.19. The van der Waals surface area contributed by atoms with Crippen LogP contribution in [0.4, 0.5) is 17.2 Å². The first-order valence-corrected chi connectivity index (χ1v) is 11.9. The second kappa shape index (κ2) is 12.1. The summed E-state index contributed by atoms with van der Waals surface area (Å²) in [5.41, 5.74) is 3.76. The average Bonchev–Trinajstić information content (AvgIpc) is 2.86. The fourth-order valence-corrected chi connectivity index (χ4v) is 3.88. The molecule has 8 nitrogen and oxygen atoms in total. The molecule has 180 valence electrons. The van der Waals surface area contributed by atoms with Crippen molar-refractivity contribution < 1.29 is 14.3 Å². The van der Waals surface area contributed by atoms with Gasteiger partial charge in [0.1, 0.15) is 24.5 Å². The summed E-state index contributed by atoms with van der Waals surface area (Å²) < 4.78 is 11.1. The number of anilines is 3. The number of carbonyl (C=O) groups excluding carboxylic acids is 1. The van der Waals surface area contributed by atoms with Crippen molar-refractivity contribution >= 4 is 50.5 Å². The lowest BCUT2D eigenvalue weighted by atomic mass is 10.1. The third kappa shape index (κ3) is 6.68. The molecule has 3 N–H and O–H groups in total. The molecule has 0 saturated carbocycles. The van der Waals surface area contributed by atoms with Gasteiger partial charge in [-0.25, -0.2) is 9.97 Å². The van der Waals surface area contributed by atoms with Gasteiger partial charge in [0.05, 0.1) is 24.4 Å². The molecule has 1 saturated heterocycles. The largest absolute Gasteiger partial charge is 0.495 e. The van der Waals surface area contributed by atoms with Crippen molar-refractivity contribution in [1.82, 2.24) is 15.3 Å². The molecule has 1 aliphatic heterocycles. The molecule has 0 bridgehead atoms. The summed E-state index contributed by atoms with van der Waals surface area (Å²) in [5.74, 6) is 1.55. The van der Waals surface area contributed by atoms with E-state index in [4.69, 9.17) is 4.74 Å². The number of halogens is 1. The van der Waals surface area contributed by atoms with Crippen molar-refractivity contribution in [3.8, 4) is 5.75 Å². The van der Waals surface area contributed by atoms with E-state index < -0.39 is 0 Å². The minimum atomic E-state index is 0.365. The number of carbonyl (C=O) groups is 1. The van der Waals surface area contributed by atoms with E-state index in [9.17, 15) is 4.79 Å². The molecule has 0 radical (unpaired) electrons. The molecule has 1 fully saturated rings. The predicted octanol–water partition coefficient (Wildman–Crippen LogP) is 4.89. The summed E-state index contributed by atoms with van der Waals surface area (Å²) in [4.78, 5) is 18.6. The number of nitrogens with one attached hydrogen (secondary N) is 3. The maximum Gasteiger partial charge on any atom is 0.293 e. The van der Waals surface area contributed by atoms with Gasteiger partial charge in [-0.15, -0.1) is 0 Å². The van der Waals surface area contributed by atoms with Gasteiger partial charge in [-0.2, -0.15) is 0 Å². The smallest absolute Gasteiger partial charge is 0.293 e. The van der Waals surface area contributed by atoms with Crippen LogP contribution in [-0.4, -0.2) is 42.7 Å². The normalized spacial score (nSPS) is 12.6. The molecule has 0 aliphatic carbocycles. The number of benzene rings is 3. The molecule has 9 heteroatoms. The Kier molecular flexibility index (Phi) is 8.48. The Hall–Kier alpha value is -3.69. The molecule has 0 spiro atoms. The Labute approximate surface area is 212 Å². The molecule has 1 aromatic heterocycles. The first-order chi connectivity index (χ1) is 17.2. The van der Waals surface area contributed by atoms with Crippen LogP contribution in [0.1, 0.15) is 5.56 Å². The monoisotopic (exact) mass is 535 g/mol. The van der Waals surface area contributed by atoms with Crippen molar-refractivity contribution in [3.05, 3.63) is 83.1 Å². The number of ether oxygens (including phenoxy) is 2. The molecule has 0 atom stereocenters. The summed E-state index contributed by atoms with van der Waals surface area (Å²) in [6.45, 7) is 2.72. The van der Waals surface area contributed by atoms with E-state index in [0.29, 0.717) is 19.1 Å². The van der Waals surface area contributed by atoms with Crippen LogP contribution >= 0.6 is 15.9 Å². The van der Waals surface area contributed by atoms with Crippen LogP contribution in [0.5, 0.6) is 5.75 Å². The number of aromatic nitrogens is 2. The molecule has 0 unspecified atom stereocenters. The third-order valence-corrected chi connectivity index (χ3v) is 5.84. The predicted molar refractivity (Wildman–Crippen MR) is 141 cm³/mol. The molecular weight excluding hydrogens is 510 g/mol. The van der Waals surface area contributed by atoms with E-state index in [1.54, 1.807) is 13.4 Å². The highest BCUT2D eigenvalue weighted by atomic mass is 79.9. The second-order valence-corrected chi connectivity index (χ2v) is 8.74. The zero-order chi connectivity index (χ0) is 24.5. The van der Waals surface area contributed by atoms with E-state index >= 15 is 0 Å². The van der Waals surface area contributed by atoms with E-state index in [0.717, 1.165) is 57.0 Å². The Morgan fingerprint density at radius 2 is 1.91 bits per heavy atom. The molecule has 3 aromatic carbocycles. The van der Waals surface area contributed by atoms with Crippen LogP contribution in [-0.2, 0) is 16.1 Å². The summed E-state index contributed by atoms with van der Waals surface area (Å²) in [6, 6.07) is 21.9. The lowest BCUT2D eigenvalue weighted by Gasteiger charge is -2.29. The van der Waals surface area contributed by atoms with Gasteiger partial charge in [-0.3, -0.25) is 4.79 Å². The zero-order valence-electron chi connectivity index (χ0n) is 19.2. The second-order valence-electron chi connectivity index (χ2n) is 7.82. The van der Waals surface area contributed by atoms with Crippen LogP contribution in [0.25, 0.3) is 10.9 Å². The van der Waals surface area contributed by atoms with Crippen molar-refractivity contribution in [2.45, 2.75) is 12.6 Å². The lowest BCUT2D eigenvalue weighted by Crippen LogP contribution is -2.51. The minimum Gasteiger partial charge on any atom is -0.495 e. The van der Waals surface area contributed by atoms with Gasteiger partial charge in [0.25, 0.3) is 6.47 Å². The van der Waals surface area contributed by atoms with Crippen LogP contribution in [0.15, 0.2) is 77.5 Å². The zero-order valence-corrected chi connectivity index (χ0v) is 20.8. The van der Waals surface area contributed by atoms with E-state index in [2.05, 4.69) is 46.6 Å². The maximum atomic E-state index is 9.76. The van der Waals surface area contributed by atoms with Crippen molar-refractivity contribution in [2.24, 2.45) is 0 Å². The van der Waals surface area contributed by atoms with Crippen LogP contribution in [0.3, 0.4) is 0 Å². The fraction of sp³-hybridized carbons (Fsp3) is 0.192. The van der Waals surface area contributed by atoms with Gasteiger partial charge in [0.2, 0.25) is 0 Å². The van der Waals surface area contributed by atoms with Crippen molar-refractivity contribution in [2.75, 3.05) is 30.8 Å². The topological polar surface area (TPSA) is 97.4 Å². The summed E-state index contributed by atoms with van der Waals surface area (Å²) in [6.07, 6.45) is 1.56. The van der Waals surface area contributed by atoms with Crippen molar-refractivity contribution in [3.63, 3.8) is 0 Å². The molecule has 35 heavy (non-hydrogen) atoms. The van der Waals surface area contributed by atoms with Crippen LogP contribution < -0.4 is 20.7 Å². The first-order valence-electron chi connectivity index (χ1n) is 11.1. The molecule has 1 aliphatic rings. The van der Waals surface area contributed by atoms with Gasteiger partial charge >= 0.3 is 0 Å². The van der Waals surface area contributed by atoms with Gasteiger partial charge in [-0.05, 0) is 29.8 Å². The Morgan fingerprint density at radius 1 is 1.09 bits per heavy atom. The molecule has 0 amide bonds. The van der Waals surface area contributed by atoms with Crippen LogP contribution in [0.2, 0.25) is 0 Å². The summed E-state index contributed by atoms with van der Waals surface area (Å²) in [5, 5.41) is 11.1. The quantitative estimate of drug-likeness (QED) is 0.274. The van der Waals surface area contributed by atoms with Crippen molar-refractivity contribution in [1.29, 1.82) is 0 Å². The van der Waals surface area contributed by atoms with Gasteiger partial charge in [0, 0.05) is 34.7 Å². The SMILES string of the molecule is COc1cc2ncnc(Nc3cccc(Br)c3)c2cc1NC1CNC1.O=COCc1ccccc1. The minimum absolute atomic E-state index is 0.365. The van der Waals surface area contributed by atoms with E-state index in [1.807, 2.05) is 66.7 Å². The Morgan fingerprint density at radius 3 is 2.60 bits per heavy atom. The molecule has 5 rings (SSSR count). The standard InChI is InChI=1S/C18H18BrN5O.C8H8O2/c1-25-17-7-15-14(6-16(17)23-13-8-20-9-13)18(22-10-21-15)24-12-4-2-3-11(19)5-12;9-7-10-6-8-4-2-1-3-5-8/h2-7,10,13,20,23H,8-9H2,1H3,(H,21,22,24);1-5,7H,6H2. The summed E-state index contributed by atoms with van der Waals surface area (Å²) in [7, 11) is 1.67. The Bertz CT molecular complexity index is 1270. The number of nitrogens with zero attached hydrogens (tertiary/aromatic N) is 2. The average molecular weight is 536 g/mol. The third-order valence-electron chi connectivity index (χ3n) is 5.35. The molecule has 4 aromatic rings. The van der Waals surface area contributed by atoms with E-state index in [-0.39, 0.29) is 0 Å². The van der Waals surface area contributed by atoms with Gasteiger partial charge in [-0.1, -0.05) is 52.3 Å². The number of hydrogen-bond acceptors (Lipinski definition) is 8. The summed E-state index contributed by atoms with van der Waals surface area (Å²) >= 11 is 3.49. The highest BCUT2D eigenvalue weighted by Crippen LogP contribution is 2.33. The number of fused-ring (bicyclic) bond motifs is 1. The number of hydrogen-bond donors (Lipinski definition) is 3. The molecular formula is C26H26BrN5O3. The van der Waals surface area contributed by atoms with Gasteiger partial charge < -0.3 is 25.4 Å². The van der Waals surface area contributed by atoms with E-state index in [1.165, 1.54) is 0 Å². The Balaban J connectivity index is 0.000000243. The van der Waals surface area contributed by atoms with Gasteiger partial charge in [0.15, 0.2) is 0 Å². The fourth-order valence-electron chi connectivity index (χ4n) is 3.48. The highest BCUT2D eigenvalue weighted by molar-refractivity contribution is 9.10. The first kappa shape index (κ1) is 24.4. The lowest BCUT2D eigenvalue weighted by molar-refractivity contribution is -0.129. The number of methoxy groups -OCH3 is 1.